The van der Waals surface area contributed by atoms with Gasteiger partial charge < -0.3 is 15.2 Å². The molecule has 2 rings (SSSR count). The van der Waals surface area contributed by atoms with Crippen molar-refractivity contribution in [3.05, 3.63) is 65.5 Å². The van der Waals surface area contributed by atoms with Crippen molar-refractivity contribution in [2.24, 2.45) is 0 Å². The van der Waals surface area contributed by atoms with Gasteiger partial charge in [-0.1, -0.05) is 43.3 Å². The Hall–Kier alpha value is -2.89. The number of carboxylic acids is 1. The maximum absolute atomic E-state index is 14.2. The van der Waals surface area contributed by atoms with E-state index in [4.69, 9.17) is 4.74 Å². The minimum Gasteiger partial charge on any atom is -0.494 e. The predicted octanol–water partition coefficient (Wildman–Crippen LogP) is 3.00. The third kappa shape index (κ3) is 3.63. The molecule has 6 heteroatoms. The highest BCUT2D eigenvalue weighted by Crippen LogP contribution is 2.28. The van der Waals surface area contributed by atoms with Crippen molar-refractivity contribution in [2.45, 2.75) is 18.8 Å². The van der Waals surface area contributed by atoms with Gasteiger partial charge in [-0.15, -0.1) is 0 Å². The van der Waals surface area contributed by atoms with E-state index in [1.54, 1.807) is 37.3 Å². The quantitative estimate of drug-likeness (QED) is 0.809. The number of halogens is 1. The summed E-state index contributed by atoms with van der Waals surface area (Å²) in [6.45, 7) is 1.58. The first-order valence-corrected chi connectivity index (χ1v) is 7.86. The van der Waals surface area contributed by atoms with Gasteiger partial charge in [-0.2, -0.15) is 0 Å². The van der Waals surface area contributed by atoms with Crippen LogP contribution in [0.25, 0.3) is 0 Å². The SMILES string of the molecule is CCC(CNC(=O)c1cccc(OC)c1F)(C(=O)O)c1ccccc1. The molecule has 0 aromatic heterocycles. The number of rotatable bonds is 7. The molecule has 0 aliphatic carbocycles. The molecule has 2 N–H and O–H groups in total. The molecule has 2 aromatic carbocycles. The molecule has 0 radical (unpaired) electrons. The topological polar surface area (TPSA) is 75.6 Å². The molecule has 0 aliphatic rings. The van der Waals surface area contributed by atoms with Crippen LogP contribution >= 0.6 is 0 Å². The molecule has 1 unspecified atom stereocenters. The molecule has 0 saturated heterocycles. The third-order valence-corrected chi connectivity index (χ3v) is 4.32. The molecule has 0 aliphatic heterocycles. The third-order valence-electron chi connectivity index (χ3n) is 4.32. The summed E-state index contributed by atoms with van der Waals surface area (Å²) < 4.78 is 19.1. The van der Waals surface area contributed by atoms with Crippen molar-refractivity contribution in [2.75, 3.05) is 13.7 Å². The van der Waals surface area contributed by atoms with Crippen molar-refractivity contribution < 1.29 is 23.8 Å². The molecule has 0 fully saturated rings. The predicted molar refractivity (Wildman–Crippen MR) is 91.3 cm³/mol. The zero-order chi connectivity index (χ0) is 18.4. The monoisotopic (exact) mass is 345 g/mol. The number of aliphatic carboxylic acids is 1. The van der Waals surface area contributed by atoms with Gasteiger partial charge in [0.1, 0.15) is 5.41 Å². The molecule has 2 aromatic rings. The molecule has 132 valence electrons. The van der Waals surface area contributed by atoms with E-state index in [0.29, 0.717) is 5.56 Å². The van der Waals surface area contributed by atoms with Crippen LogP contribution in [-0.4, -0.2) is 30.6 Å². The Morgan fingerprint density at radius 3 is 2.40 bits per heavy atom. The normalized spacial score (nSPS) is 12.9. The summed E-state index contributed by atoms with van der Waals surface area (Å²) in [5.74, 6) is -2.56. The van der Waals surface area contributed by atoms with Crippen molar-refractivity contribution in [3.8, 4) is 5.75 Å². The van der Waals surface area contributed by atoms with E-state index in [0.717, 1.165) is 0 Å². The summed E-state index contributed by atoms with van der Waals surface area (Å²) in [6.07, 6.45) is 0.271. The number of ether oxygens (including phenoxy) is 1. The summed E-state index contributed by atoms with van der Waals surface area (Å²) in [5.41, 5.74) is -0.897. The van der Waals surface area contributed by atoms with Crippen molar-refractivity contribution in [3.63, 3.8) is 0 Å². The maximum atomic E-state index is 14.2. The van der Waals surface area contributed by atoms with Crippen LogP contribution in [-0.2, 0) is 10.2 Å². The minimum absolute atomic E-state index is 0.0456. The standard InChI is InChI=1S/C19H20FNO4/c1-3-19(18(23)24,13-8-5-4-6-9-13)12-21-17(22)14-10-7-11-15(25-2)16(14)20/h4-11H,3,12H2,1-2H3,(H,21,22)(H,23,24). The van der Waals surface area contributed by atoms with Gasteiger partial charge in [0.25, 0.3) is 5.91 Å². The van der Waals surface area contributed by atoms with E-state index in [2.05, 4.69) is 5.32 Å². The van der Waals surface area contributed by atoms with Crippen molar-refractivity contribution >= 4 is 11.9 Å². The number of carboxylic acid groups (broad SMARTS) is 1. The number of hydrogen-bond acceptors (Lipinski definition) is 3. The zero-order valence-electron chi connectivity index (χ0n) is 14.1. The molecule has 0 bridgehead atoms. The molecular formula is C19H20FNO4. The highest BCUT2D eigenvalue weighted by Gasteiger charge is 2.39. The summed E-state index contributed by atoms with van der Waals surface area (Å²) in [7, 11) is 1.31. The van der Waals surface area contributed by atoms with Gasteiger partial charge in [-0.3, -0.25) is 9.59 Å². The Morgan fingerprint density at radius 1 is 1.16 bits per heavy atom. The van der Waals surface area contributed by atoms with Crippen LogP contribution in [0.1, 0.15) is 29.3 Å². The summed E-state index contributed by atoms with van der Waals surface area (Å²) in [6, 6.07) is 12.9. The van der Waals surface area contributed by atoms with E-state index in [1.165, 1.54) is 25.3 Å². The number of benzene rings is 2. The van der Waals surface area contributed by atoms with Crippen LogP contribution in [0.4, 0.5) is 4.39 Å². The van der Waals surface area contributed by atoms with Crippen LogP contribution in [0.15, 0.2) is 48.5 Å². The summed E-state index contributed by atoms with van der Waals surface area (Å²) >= 11 is 0. The van der Waals surface area contributed by atoms with Gasteiger partial charge >= 0.3 is 5.97 Å². The Morgan fingerprint density at radius 2 is 1.84 bits per heavy atom. The second-order valence-corrected chi connectivity index (χ2v) is 5.61. The van der Waals surface area contributed by atoms with E-state index in [-0.39, 0.29) is 24.3 Å². The van der Waals surface area contributed by atoms with Crippen molar-refractivity contribution in [1.82, 2.24) is 5.32 Å². The van der Waals surface area contributed by atoms with E-state index in [1.807, 2.05) is 0 Å². The van der Waals surface area contributed by atoms with Crippen LogP contribution in [0, 0.1) is 5.82 Å². The summed E-state index contributed by atoms with van der Waals surface area (Å²) in [5, 5.41) is 12.3. The molecule has 25 heavy (non-hydrogen) atoms. The Balaban J connectivity index is 2.27. The van der Waals surface area contributed by atoms with Crippen LogP contribution in [0.3, 0.4) is 0 Å². The van der Waals surface area contributed by atoms with E-state index < -0.39 is 23.1 Å². The molecule has 5 nitrogen and oxygen atoms in total. The maximum Gasteiger partial charge on any atom is 0.315 e. The van der Waals surface area contributed by atoms with Crippen molar-refractivity contribution in [1.29, 1.82) is 0 Å². The lowest BCUT2D eigenvalue weighted by Gasteiger charge is -2.29. The number of nitrogens with one attached hydrogen (secondary N) is 1. The lowest BCUT2D eigenvalue weighted by Crippen LogP contribution is -2.46. The smallest absolute Gasteiger partial charge is 0.315 e. The first-order chi connectivity index (χ1) is 12.0. The average molecular weight is 345 g/mol. The van der Waals surface area contributed by atoms with Gasteiger partial charge in [0.15, 0.2) is 11.6 Å². The number of methoxy groups -OCH3 is 1. The van der Waals surface area contributed by atoms with Gasteiger partial charge in [-0.25, -0.2) is 4.39 Å². The lowest BCUT2D eigenvalue weighted by molar-refractivity contribution is -0.143. The zero-order valence-corrected chi connectivity index (χ0v) is 14.1. The fraction of sp³-hybridized carbons (Fsp3) is 0.263. The highest BCUT2D eigenvalue weighted by molar-refractivity contribution is 5.95. The van der Waals surface area contributed by atoms with E-state index in [9.17, 15) is 19.1 Å². The van der Waals surface area contributed by atoms with Gasteiger partial charge in [0.2, 0.25) is 0 Å². The van der Waals surface area contributed by atoms with Gasteiger partial charge in [0.05, 0.1) is 12.7 Å². The van der Waals surface area contributed by atoms with Crippen LogP contribution in [0.2, 0.25) is 0 Å². The number of hydrogen-bond donors (Lipinski definition) is 2. The summed E-state index contributed by atoms with van der Waals surface area (Å²) in [4.78, 5) is 24.3. The van der Waals surface area contributed by atoms with E-state index >= 15 is 0 Å². The lowest BCUT2D eigenvalue weighted by atomic mass is 9.78. The first kappa shape index (κ1) is 18.4. The number of carbonyl (C=O) groups excluding carboxylic acids is 1. The Labute approximate surface area is 145 Å². The average Bonchev–Trinajstić information content (AvgIpc) is 2.63. The minimum atomic E-state index is -1.29. The fourth-order valence-electron chi connectivity index (χ4n) is 2.71. The fourth-order valence-corrected chi connectivity index (χ4v) is 2.71. The number of carbonyl (C=O) groups is 2. The molecule has 0 spiro atoms. The molecule has 1 atom stereocenters. The second kappa shape index (κ2) is 7.79. The Bertz CT molecular complexity index is 763. The van der Waals surface area contributed by atoms with Crippen LogP contribution in [0.5, 0.6) is 5.75 Å². The Kier molecular flexibility index (Phi) is 5.75. The number of amides is 1. The van der Waals surface area contributed by atoms with Gasteiger partial charge in [-0.05, 0) is 24.1 Å². The largest absolute Gasteiger partial charge is 0.494 e. The molecule has 0 heterocycles. The molecular weight excluding hydrogens is 325 g/mol. The first-order valence-electron chi connectivity index (χ1n) is 7.86. The highest BCUT2D eigenvalue weighted by atomic mass is 19.1. The second-order valence-electron chi connectivity index (χ2n) is 5.61. The molecule has 1 amide bonds. The van der Waals surface area contributed by atoms with Gasteiger partial charge in [0, 0.05) is 6.54 Å². The van der Waals surface area contributed by atoms with Crippen LogP contribution < -0.4 is 10.1 Å². The molecule has 0 saturated carbocycles.